The lowest BCUT2D eigenvalue weighted by Gasteiger charge is -2.24. The molecule has 0 aromatic carbocycles. The number of hydrogen-bond acceptors (Lipinski definition) is 3. The predicted octanol–water partition coefficient (Wildman–Crippen LogP) is 6.13. The molecule has 0 unspecified atom stereocenters. The standard InChI is InChI=1S/C19H36O3/c1-6-7-8-9-10-11-12-13-14-15-21-19(20)22-18(16(2)3)17(4)5/h6,16-18H,1,7-15H2,2-5H3. The van der Waals surface area contributed by atoms with Crippen LogP contribution in [0.25, 0.3) is 0 Å². The summed E-state index contributed by atoms with van der Waals surface area (Å²) >= 11 is 0. The van der Waals surface area contributed by atoms with Crippen molar-refractivity contribution in [2.45, 2.75) is 85.2 Å². The molecular weight excluding hydrogens is 276 g/mol. The van der Waals surface area contributed by atoms with E-state index in [1.165, 1.54) is 32.1 Å². The molecule has 3 nitrogen and oxygen atoms in total. The van der Waals surface area contributed by atoms with Gasteiger partial charge in [-0.15, -0.1) is 6.58 Å². The van der Waals surface area contributed by atoms with Crippen molar-refractivity contribution in [2.24, 2.45) is 11.8 Å². The molecule has 0 N–H and O–H groups in total. The van der Waals surface area contributed by atoms with Gasteiger partial charge < -0.3 is 9.47 Å². The third kappa shape index (κ3) is 11.6. The summed E-state index contributed by atoms with van der Waals surface area (Å²) in [4.78, 5) is 11.6. The van der Waals surface area contributed by atoms with Crippen LogP contribution < -0.4 is 0 Å². The lowest BCUT2D eigenvalue weighted by molar-refractivity contribution is -0.0110. The van der Waals surface area contributed by atoms with Crippen LogP contribution in [0.2, 0.25) is 0 Å². The minimum atomic E-state index is -0.517. The second-order valence-electron chi connectivity index (χ2n) is 6.72. The van der Waals surface area contributed by atoms with E-state index in [0.29, 0.717) is 18.4 Å². The average molecular weight is 312 g/mol. The largest absolute Gasteiger partial charge is 0.508 e. The molecule has 130 valence electrons. The van der Waals surface area contributed by atoms with Gasteiger partial charge in [-0.3, -0.25) is 0 Å². The third-order valence-electron chi connectivity index (χ3n) is 3.82. The molecule has 0 radical (unpaired) electrons. The molecule has 0 aromatic rings. The van der Waals surface area contributed by atoms with Crippen molar-refractivity contribution in [1.82, 2.24) is 0 Å². The molecule has 0 fully saturated rings. The van der Waals surface area contributed by atoms with Gasteiger partial charge in [0.15, 0.2) is 0 Å². The van der Waals surface area contributed by atoms with Gasteiger partial charge >= 0.3 is 6.16 Å². The SMILES string of the molecule is C=CCCCCCCCCCOC(=O)OC(C(C)C)C(C)C. The first kappa shape index (κ1) is 21.0. The second-order valence-corrected chi connectivity index (χ2v) is 6.72. The van der Waals surface area contributed by atoms with Crippen molar-refractivity contribution in [3.63, 3.8) is 0 Å². The molecule has 22 heavy (non-hydrogen) atoms. The highest BCUT2D eigenvalue weighted by atomic mass is 16.7. The maximum Gasteiger partial charge on any atom is 0.508 e. The van der Waals surface area contributed by atoms with Crippen molar-refractivity contribution in [2.75, 3.05) is 6.61 Å². The van der Waals surface area contributed by atoms with Crippen LogP contribution in [0.5, 0.6) is 0 Å². The van der Waals surface area contributed by atoms with Crippen LogP contribution in [-0.4, -0.2) is 18.9 Å². The molecule has 0 aliphatic heterocycles. The highest BCUT2D eigenvalue weighted by Gasteiger charge is 2.22. The van der Waals surface area contributed by atoms with Crippen LogP contribution in [0.1, 0.15) is 79.1 Å². The summed E-state index contributed by atoms with van der Waals surface area (Å²) in [6.07, 6.45) is 10.9. The molecule has 0 saturated carbocycles. The maximum atomic E-state index is 11.6. The predicted molar refractivity (Wildman–Crippen MR) is 93.0 cm³/mol. The number of unbranched alkanes of at least 4 members (excludes halogenated alkanes) is 7. The molecule has 0 saturated heterocycles. The van der Waals surface area contributed by atoms with Crippen LogP contribution in [0, 0.1) is 11.8 Å². The summed E-state index contributed by atoms with van der Waals surface area (Å²) in [5.74, 6) is 0.627. The van der Waals surface area contributed by atoms with Crippen LogP contribution in [0.4, 0.5) is 4.79 Å². The lowest BCUT2D eigenvalue weighted by Crippen LogP contribution is -2.29. The van der Waals surface area contributed by atoms with E-state index in [2.05, 4.69) is 34.3 Å². The van der Waals surface area contributed by atoms with Gasteiger partial charge in [0.25, 0.3) is 0 Å². The van der Waals surface area contributed by atoms with Crippen molar-refractivity contribution < 1.29 is 14.3 Å². The van der Waals surface area contributed by atoms with E-state index < -0.39 is 6.16 Å². The van der Waals surface area contributed by atoms with Crippen LogP contribution in [0.3, 0.4) is 0 Å². The van der Waals surface area contributed by atoms with Crippen LogP contribution in [0.15, 0.2) is 12.7 Å². The van der Waals surface area contributed by atoms with E-state index in [4.69, 9.17) is 9.47 Å². The fourth-order valence-corrected chi connectivity index (χ4v) is 2.62. The number of allylic oxidation sites excluding steroid dienone is 1. The zero-order valence-electron chi connectivity index (χ0n) is 15.1. The van der Waals surface area contributed by atoms with Gasteiger partial charge in [-0.1, -0.05) is 65.9 Å². The molecule has 0 atom stereocenters. The Kier molecular flexibility index (Phi) is 13.0. The number of rotatable bonds is 13. The number of carbonyl (C=O) groups is 1. The second kappa shape index (κ2) is 13.7. The van der Waals surface area contributed by atoms with Crippen molar-refractivity contribution in [3.8, 4) is 0 Å². The molecule has 3 heteroatoms. The Morgan fingerprint density at radius 1 is 0.909 bits per heavy atom. The smallest absolute Gasteiger partial charge is 0.434 e. The average Bonchev–Trinajstić information content (AvgIpc) is 2.46. The normalized spacial score (nSPS) is 11.2. The van der Waals surface area contributed by atoms with E-state index in [-0.39, 0.29) is 6.10 Å². The van der Waals surface area contributed by atoms with Gasteiger partial charge in [0, 0.05) is 0 Å². The van der Waals surface area contributed by atoms with Gasteiger partial charge in [-0.25, -0.2) is 4.79 Å². The van der Waals surface area contributed by atoms with Crippen molar-refractivity contribution >= 4 is 6.16 Å². The van der Waals surface area contributed by atoms with Gasteiger partial charge in [0.2, 0.25) is 0 Å². The molecule has 0 bridgehead atoms. The first-order chi connectivity index (χ1) is 10.5. The number of hydrogen-bond donors (Lipinski definition) is 0. The third-order valence-corrected chi connectivity index (χ3v) is 3.82. The Bertz CT molecular complexity index is 276. The zero-order valence-corrected chi connectivity index (χ0v) is 15.1. The first-order valence-corrected chi connectivity index (χ1v) is 8.93. The molecule has 0 amide bonds. The van der Waals surface area contributed by atoms with E-state index >= 15 is 0 Å². The minimum absolute atomic E-state index is 0.0666. The molecule has 0 heterocycles. The Balaban J connectivity index is 3.51. The van der Waals surface area contributed by atoms with Gasteiger partial charge in [-0.2, -0.15) is 0 Å². The highest BCUT2D eigenvalue weighted by Crippen LogP contribution is 2.17. The fourth-order valence-electron chi connectivity index (χ4n) is 2.62. The Morgan fingerprint density at radius 2 is 1.41 bits per heavy atom. The summed E-state index contributed by atoms with van der Waals surface area (Å²) in [5.41, 5.74) is 0. The molecule has 0 spiro atoms. The highest BCUT2D eigenvalue weighted by molar-refractivity contribution is 5.60. The Hall–Kier alpha value is -0.990. The Labute approximate surface area is 137 Å². The Morgan fingerprint density at radius 3 is 1.91 bits per heavy atom. The van der Waals surface area contributed by atoms with Gasteiger partial charge in [0.05, 0.1) is 6.61 Å². The van der Waals surface area contributed by atoms with Crippen molar-refractivity contribution in [3.05, 3.63) is 12.7 Å². The maximum absolute atomic E-state index is 11.6. The number of ether oxygens (including phenoxy) is 2. The fraction of sp³-hybridized carbons (Fsp3) is 0.842. The lowest BCUT2D eigenvalue weighted by atomic mass is 9.96. The molecule has 0 aromatic heterocycles. The van der Waals surface area contributed by atoms with Crippen LogP contribution in [-0.2, 0) is 9.47 Å². The minimum Gasteiger partial charge on any atom is -0.434 e. The molecule has 0 aliphatic rings. The summed E-state index contributed by atoms with van der Waals surface area (Å²) in [6.45, 7) is 12.4. The van der Waals surface area contributed by atoms with E-state index in [1.54, 1.807) is 0 Å². The quantitative estimate of drug-likeness (QED) is 0.233. The van der Waals surface area contributed by atoms with Gasteiger partial charge in [0.1, 0.15) is 6.10 Å². The van der Waals surface area contributed by atoms with Gasteiger partial charge in [-0.05, 0) is 31.1 Å². The summed E-state index contributed by atoms with van der Waals surface area (Å²) in [6, 6.07) is 0. The monoisotopic (exact) mass is 312 g/mol. The zero-order chi connectivity index (χ0) is 16.8. The molecule has 0 aliphatic carbocycles. The summed E-state index contributed by atoms with van der Waals surface area (Å²) in [7, 11) is 0. The number of carbonyl (C=O) groups excluding carboxylic acids is 1. The van der Waals surface area contributed by atoms with E-state index in [9.17, 15) is 4.79 Å². The van der Waals surface area contributed by atoms with E-state index in [1.807, 2.05) is 6.08 Å². The van der Waals surface area contributed by atoms with Crippen LogP contribution >= 0.6 is 0 Å². The molecule has 0 rings (SSSR count). The summed E-state index contributed by atoms with van der Waals surface area (Å²) < 4.78 is 10.5. The summed E-state index contributed by atoms with van der Waals surface area (Å²) in [5, 5.41) is 0. The topological polar surface area (TPSA) is 35.5 Å². The molecular formula is C19H36O3. The first-order valence-electron chi connectivity index (χ1n) is 8.93. The van der Waals surface area contributed by atoms with E-state index in [0.717, 1.165) is 19.3 Å². The van der Waals surface area contributed by atoms with Crippen molar-refractivity contribution in [1.29, 1.82) is 0 Å².